The molecule has 0 aliphatic heterocycles. The maximum absolute atomic E-state index is 10.9. The van der Waals surface area contributed by atoms with Gasteiger partial charge in [0.2, 0.25) is 0 Å². The summed E-state index contributed by atoms with van der Waals surface area (Å²) in [5.41, 5.74) is 2.75. The molecule has 1 heterocycles. The van der Waals surface area contributed by atoms with Gasteiger partial charge in [0.05, 0.1) is 5.69 Å². The minimum absolute atomic E-state index is 0.356. The van der Waals surface area contributed by atoms with Crippen molar-refractivity contribution in [3.05, 3.63) is 17.5 Å². The molecule has 66 valence electrons. The number of rotatable bonds is 2. The quantitative estimate of drug-likeness (QED) is 0.487. The van der Waals surface area contributed by atoms with Crippen molar-refractivity contribution >= 4 is 5.91 Å². The van der Waals surface area contributed by atoms with Crippen LogP contribution in [-0.2, 0) is 13.5 Å². The smallest absolute Gasteiger partial charge is 0.288 e. The summed E-state index contributed by atoms with van der Waals surface area (Å²) in [6.45, 7) is 1.95. The minimum Gasteiger partial charge on any atom is -0.288 e. The van der Waals surface area contributed by atoms with Crippen LogP contribution in [0, 0.1) is 0 Å². The molecule has 0 saturated heterocycles. The normalized spacial score (nSPS) is 9.92. The SMILES string of the molecule is CCc1cc(C(=O)NO)n(C)n1. The first-order valence-corrected chi connectivity index (χ1v) is 3.66. The molecule has 0 bridgehead atoms. The van der Waals surface area contributed by atoms with Crippen LogP contribution in [0.15, 0.2) is 6.07 Å². The molecule has 5 heteroatoms. The molecular weight excluding hydrogens is 158 g/mol. The molecule has 1 aromatic rings. The number of hydrogen-bond donors (Lipinski definition) is 2. The second-order valence-corrected chi connectivity index (χ2v) is 2.44. The lowest BCUT2D eigenvalue weighted by Crippen LogP contribution is -2.21. The molecule has 0 saturated carbocycles. The van der Waals surface area contributed by atoms with E-state index in [1.54, 1.807) is 18.6 Å². The summed E-state index contributed by atoms with van der Waals surface area (Å²) in [5, 5.41) is 12.4. The summed E-state index contributed by atoms with van der Waals surface area (Å²) in [7, 11) is 1.66. The van der Waals surface area contributed by atoms with Crippen LogP contribution in [0.5, 0.6) is 0 Å². The predicted molar refractivity (Wildman–Crippen MR) is 41.8 cm³/mol. The van der Waals surface area contributed by atoms with Crippen LogP contribution in [0.1, 0.15) is 23.1 Å². The Labute approximate surface area is 70.0 Å². The first kappa shape index (κ1) is 8.73. The molecule has 0 aliphatic rings. The van der Waals surface area contributed by atoms with Crippen molar-refractivity contribution in [2.24, 2.45) is 7.05 Å². The molecule has 0 unspecified atom stereocenters. The van der Waals surface area contributed by atoms with Gasteiger partial charge >= 0.3 is 0 Å². The highest BCUT2D eigenvalue weighted by atomic mass is 16.5. The summed E-state index contributed by atoms with van der Waals surface area (Å²) < 4.78 is 1.43. The molecular formula is C7H11N3O2. The minimum atomic E-state index is -0.537. The second-order valence-electron chi connectivity index (χ2n) is 2.44. The van der Waals surface area contributed by atoms with E-state index < -0.39 is 5.91 Å². The molecule has 0 spiro atoms. The fourth-order valence-corrected chi connectivity index (χ4v) is 0.969. The van der Waals surface area contributed by atoms with E-state index in [9.17, 15) is 4.79 Å². The van der Waals surface area contributed by atoms with Crippen molar-refractivity contribution in [3.63, 3.8) is 0 Å². The van der Waals surface area contributed by atoms with Gasteiger partial charge in [0, 0.05) is 7.05 Å². The van der Waals surface area contributed by atoms with E-state index >= 15 is 0 Å². The van der Waals surface area contributed by atoms with Crippen molar-refractivity contribution in [1.29, 1.82) is 0 Å². The fourth-order valence-electron chi connectivity index (χ4n) is 0.969. The highest BCUT2D eigenvalue weighted by Crippen LogP contribution is 2.02. The van der Waals surface area contributed by atoms with Gasteiger partial charge in [-0.05, 0) is 12.5 Å². The average molecular weight is 169 g/mol. The summed E-state index contributed by atoms with van der Waals surface area (Å²) in [6, 6.07) is 1.64. The Bertz CT molecular complexity index is 293. The van der Waals surface area contributed by atoms with Gasteiger partial charge < -0.3 is 0 Å². The van der Waals surface area contributed by atoms with Gasteiger partial charge in [0.1, 0.15) is 5.69 Å². The van der Waals surface area contributed by atoms with Crippen molar-refractivity contribution in [1.82, 2.24) is 15.3 Å². The zero-order valence-corrected chi connectivity index (χ0v) is 7.03. The van der Waals surface area contributed by atoms with Gasteiger partial charge in [-0.3, -0.25) is 14.7 Å². The maximum atomic E-state index is 10.9. The molecule has 0 aliphatic carbocycles. The standard InChI is InChI=1S/C7H11N3O2/c1-3-5-4-6(7(11)9-12)10(2)8-5/h4,12H,3H2,1-2H3,(H,9,11). The third kappa shape index (κ3) is 1.45. The lowest BCUT2D eigenvalue weighted by molar-refractivity contribution is 0.0696. The Balaban J connectivity index is 2.99. The average Bonchev–Trinajstić information content (AvgIpc) is 2.45. The number of hydroxylamine groups is 1. The van der Waals surface area contributed by atoms with Crippen LogP contribution in [-0.4, -0.2) is 20.9 Å². The number of nitrogens with zero attached hydrogens (tertiary/aromatic N) is 2. The van der Waals surface area contributed by atoms with Gasteiger partial charge in [-0.15, -0.1) is 0 Å². The van der Waals surface area contributed by atoms with Crippen molar-refractivity contribution < 1.29 is 10.0 Å². The van der Waals surface area contributed by atoms with E-state index in [2.05, 4.69) is 5.10 Å². The number of carbonyl (C=O) groups is 1. The Hall–Kier alpha value is -1.36. The maximum Gasteiger partial charge on any atom is 0.292 e. The molecule has 1 rings (SSSR count). The van der Waals surface area contributed by atoms with Crippen LogP contribution in [0.4, 0.5) is 0 Å². The number of carbonyl (C=O) groups excluding carboxylic acids is 1. The predicted octanol–water partition coefficient (Wildman–Crippen LogP) is 0.101. The summed E-state index contributed by atoms with van der Waals surface area (Å²) in [6.07, 6.45) is 0.770. The van der Waals surface area contributed by atoms with Crippen molar-refractivity contribution in [2.75, 3.05) is 0 Å². The first-order chi connectivity index (χ1) is 5.69. The monoisotopic (exact) mass is 169 g/mol. The lowest BCUT2D eigenvalue weighted by atomic mass is 10.3. The first-order valence-electron chi connectivity index (χ1n) is 3.66. The highest BCUT2D eigenvalue weighted by molar-refractivity contribution is 5.91. The largest absolute Gasteiger partial charge is 0.292 e. The fraction of sp³-hybridized carbons (Fsp3) is 0.429. The number of amides is 1. The van der Waals surface area contributed by atoms with E-state index in [0.717, 1.165) is 12.1 Å². The molecule has 0 fully saturated rings. The summed E-state index contributed by atoms with van der Waals surface area (Å²) >= 11 is 0. The summed E-state index contributed by atoms with van der Waals surface area (Å²) in [4.78, 5) is 10.9. The Morgan fingerprint density at radius 1 is 1.83 bits per heavy atom. The molecule has 1 amide bonds. The molecule has 5 nitrogen and oxygen atoms in total. The number of aryl methyl sites for hydroxylation is 2. The lowest BCUT2D eigenvalue weighted by Gasteiger charge is -1.96. The van der Waals surface area contributed by atoms with Crippen LogP contribution >= 0.6 is 0 Å². The van der Waals surface area contributed by atoms with Crippen molar-refractivity contribution in [3.8, 4) is 0 Å². The van der Waals surface area contributed by atoms with Gasteiger partial charge in [0.15, 0.2) is 0 Å². The number of nitrogens with one attached hydrogen (secondary N) is 1. The molecule has 0 aromatic carbocycles. The van der Waals surface area contributed by atoms with Gasteiger partial charge in [-0.1, -0.05) is 6.92 Å². The number of hydrogen-bond acceptors (Lipinski definition) is 3. The van der Waals surface area contributed by atoms with E-state index in [1.807, 2.05) is 6.92 Å². The molecule has 0 radical (unpaired) electrons. The van der Waals surface area contributed by atoms with Gasteiger partial charge in [0.25, 0.3) is 5.91 Å². The Morgan fingerprint density at radius 2 is 2.50 bits per heavy atom. The van der Waals surface area contributed by atoms with Crippen LogP contribution in [0.3, 0.4) is 0 Å². The number of aromatic nitrogens is 2. The third-order valence-electron chi connectivity index (χ3n) is 1.63. The van der Waals surface area contributed by atoms with Crippen LogP contribution < -0.4 is 5.48 Å². The molecule has 1 aromatic heterocycles. The van der Waals surface area contributed by atoms with Crippen LogP contribution in [0.25, 0.3) is 0 Å². The molecule has 2 N–H and O–H groups in total. The second kappa shape index (κ2) is 3.36. The van der Waals surface area contributed by atoms with E-state index in [4.69, 9.17) is 5.21 Å². The zero-order chi connectivity index (χ0) is 9.14. The van der Waals surface area contributed by atoms with E-state index in [0.29, 0.717) is 5.69 Å². The van der Waals surface area contributed by atoms with E-state index in [1.165, 1.54) is 4.68 Å². The summed E-state index contributed by atoms with van der Waals surface area (Å²) in [5.74, 6) is -0.537. The van der Waals surface area contributed by atoms with E-state index in [-0.39, 0.29) is 0 Å². The topological polar surface area (TPSA) is 67.2 Å². The highest BCUT2D eigenvalue weighted by Gasteiger charge is 2.10. The van der Waals surface area contributed by atoms with Crippen molar-refractivity contribution in [2.45, 2.75) is 13.3 Å². The van der Waals surface area contributed by atoms with Crippen LogP contribution in [0.2, 0.25) is 0 Å². The van der Waals surface area contributed by atoms with Gasteiger partial charge in [-0.2, -0.15) is 5.10 Å². The zero-order valence-electron chi connectivity index (χ0n) is 7.03. The Kier molecular flexibility index (Phi) is 2.44. The molecule has 12 heavy (non-hydrogen) atoms. The van der Waals surface area contributed by atoms with Gasteiger partial charge in [-0.25, -0.2) is 5.48 Å². The Morgan fingerprint density at radius 3 is 2.92 bits per heavy atom. The third-order valence-corrected chi connectivity index (χ3v) is 1.63. The molecule has 0 atom stereocenters.